The minimum Gasteiger partial charge on any atom is -0.496 e. The van der Waals surface area contributed by atoms with Gasteiger partial charge in [-0.2, -0.15) is 13.2 Å². The van der Waals surface area contributed by atoms with E-state index in [1.807, 2.05) is 0 Å². The molecule has 0 saturated carbocycles. The Morgan fingerprint density at radius 2 is 1.47 bits per heavy atom. The molecule has 0 aliphatic rings. The maximum atomic E-state index is 14.0. The van der Waals surface area contributed by atoms with Gasteiger partial charge < -0.3 is 4.74 Å². The molecule has 0 aromatic heterocycles. The van der Waals surface area contributed by atoms with Crippen LogP contribution in [0.15, 0.2) is 18.2 Å². The number of carbonyl (C=O) groups excluding carboxylic acids is 2. The average Bonchev–Trinajstić information content (AvgIpc) is 2.62. The van der Waals surface area contributed by atoms with Crippen molar-refractivity contribution >= 4 is 11.6 Å². The number of Topliss-reactive ketones (excluding diaryl/α,β-unsaturated/α-hetero) is 2. The van der Waals surface area contributed by atoms with Crippen molar-refractivity contribution in [2.75, 3.05) is 7.11 Å². The Bertz CT molecular complexity index is 968. The molecule has 162 valence electrons. The maximum absolute atomic E-state index is 14.0. The normalized spacial score (nSPS) is 11.5. The summed E-state index contributed by atoms with van der Waals surface area (Å²) < 4.78 is 98.4. The highest BCUT2D eigenvalue weighted by atomic mass is 19.4. The molecule has 0 bridgehead atoms. The first-order valence-corrected chi connectivity index (χ1v) is 8.45. The monoisotopic (exact) mass is 436 g/mol. The van der Waals surface area contributed by atoms with Crippen LogP contribution >= 0.6 is 0 Å². The van der Waals surface area contributed by atoms with Crippen LogP contribution in [0.3, 0.4) is 0 Å². The van der Waals surface area contributed by atoms with Gasteiger partial charge in [-0.05, 0) is 18.6 Å². The summed E-state index contributed by atoms with van der Waals surface area (Å²) in [5.74, 6) is -10.7. The molecule has 30 heavy (non-hydrogen) atoms. The van der Waals surface area contributed by atoms with Crippen LogP contribution in [-0.4, -0.2) is 18.7 Å². The van der Waals surface area contributed by atoms with Gasteiger partial charge >= 0.3 is 6.18 Å². The van der Waals surface area contributed by atoms with Crippen LogP contribution in [0.1, 0.15) is 29.2 Å². The van der Waals surface area contributed by atoms with E-state index in [1.165, 1.54) is 26.2 Å². The molecule has 0 fully saturated rings. The molecule has 2 aromatic carbocycles. The van der Waals surface area contributed by atoms with Gasteiger partial charge in [0.1, 0.15) is 22.9 Å². The van der Waals surface area contributed by atoms with Crippen molar-refractivity contribution < 1.29 is 45.1 Å². The molecule has 3 nitrogen and oxygen atoms in total. The molecule has 2 aromatic rings. The summed E-state index contributed by atoms with van der Waals surface area (Å²) in [6.45, 7) is 1.34. The number of hydrogen-bond acceptors (Lipinski definition) is 3. The highest BCUT2D eigenvalue weighted by Crippen LogP contribution is 2.37. The molecule has 0 N–H and O–H groups in total. The average molecular weight is 436 g/mol. The first-order valence-electron chi connectivity index (χ1n) is 8.45. The van der Waals surface area contributed by atoms with Gasteiger partial charge in [0.15, 0.2) is 23.3 Å². The molecule has 0 heterocycles. The number of ketones is 2. The molecular formula is C20H15F7O3. The lowest BCUT2D eigenvalue weighted by molar-refractivity contribution is -0.143. The molecule has 0 saturated heterocycles. The van der Waals surface area contributed by atoms with Gasteiger partial charge in [-0.15, -0.1) is 0 Å². The van der Waals surface area contributed by atoms with E-state index < -0.39 is 59.2 Å². The molecule has 0 aliphatic heterocycles. The van der Waals surface area contributed by atoms with Crippen molar-refractivity contribution in [3.63, 3.8) is 0 Å². The number of alkyl halides is 3. The third-order valence-electron chi connectivity index (χ3n) is 4.20. The van der Waals surface area contributed by atoms with Gasteiger partial charge in [0.2, 0.25) is 0 Å². The Kier molecular flexibility index (Phi) is 6.89. The molecule has 0 unspecified atom stereocenters. The molecule has 10 heteroatoms. The SMILES string of the molecule is COc1ccc(CC(C)=O)cc1CC(=O)Cc1c(F)c(F)c(C(F)(F)F)c(F)c1F. The van der Waals surface area contributed by atoms with Gasteiger partial charge in [0.05, 0.1) is 7.11 Å². The zero-order valence-corrected chi connectivity index (χ0v) is 15.7. The van der Waals surface area contributed by atoms with Crippen LogP contribution in [0.25, 0.3) is 0 Å². The van der Waals surface area contributed by atoms with E-state index >= 15 is 0 Å². The number of benzene rings is 2. The molecule has 0 amide bonds. The molecule has 0 spiro atoms. The molecule has 0 atom stereocenters. The van der Waals surface area contributed by atoms with Crippen molar-refractivity contribution in [2.24, 2.45) is 0 Å². The van der Waals surface area contributed by atoms with E-state index in [9.17, 15) is 40.3 Å². The number of ether oxygens (including phenoxy) is 1. The Labute approximate surface area is 166 Å². The standard InChI is InChI=1S/C20H15F7O3/c1-9(28)5-10-3-4-14(30-2)11(6-10)7-12(29)8-13-16(21)18(23)15(20(25,26)27)19(24)17(13)22/h3-4,6H,5,7-8H2,1-2H3. The van der Waals surface area contributed by atoms with Crippen LogP contribution in [0.2, 0.25) is 0 Å². The quantitative estimate of drug-likeness (QED) is 0.465. The summed E-state index contributed by atoms with van der Waals surface area (Å²) >= 11 is 0. The number of rotatable bonds is 7. The number of carbonyl (C=O) groups is 2. The summed E-state index contributed by atoms with van der Waals surface area (Å²) in [5.41, 5.74) is -3.39. The molecular weight excluding hydrogens is 421 g/mol. The third-order valence-corrected chi connectivity index (χ3v) is 4.20. The number of methoxy groups -OCH3 is 1. The van der Waals surface area contributed by atoms with Crippen LogP contribution in [0, 0.1) is 23.3 Å². The first kappa shape index (κ1) is 23.4. The van der Waals surface area contributed by atoms with Crippen molar-refractivity contribution in [3.05, 3.63) is 63.7 Å². The van der Waals surface area contributed by atoms with E-state index in [4.69, 9.17) is 4.74 Å². The summed E-state index contributed by atoms with van der Waals surface area (Å²) in [6.07, 6.45) is -7.31. The predicted octanol–water partition coefficient (Wildman–Crippen LogP) is 4.76. The Hall–Kier alpha value is -2.91. The molecule has 0 radical (unpaired) electrons. The summed E-state index contributed by atoms with van der Waals surface area (Å²) in [4.78, 5) is 23.5. The summed E-state index contributed by atoms with van der Waals surface area (Å²) in [6, 6.07) is 4.46. The van der Waals surface area contributed by atoms with Crippen molar-refractivity contribution in [1.82, 2.24) is 0 Å². The fraction of sp³-hybridized carbons (Fsp3) is 0.300. The van der Waals surface area contributed by atoms with E-state index in [-0.39, 0.29) is 23.5 Å². The second kappa shape index (κ2) is 8.85. The summed E-state index contributed by atoms with van der Waals surface area (Å²) in [7, 11) is 1.29. The maximum Gasteiger partial charge on any atom is 0.422 e. The molecule has 2 rings (SSSR count). The number of hydrogen-bond donors (Lipinski definition) is 0. The van der Waals surface area contributed by atoms with E-state index in [2.05, 4.69) is 0 Å². The highest BCUT2D eigenvalue weighted by molar-refractivity contribution is 5.84. The Morgan fingerprint density at radius 1 is 0.900 bits per heavy atom. The van der Waals surface area contributed by atoms with E-state index in [0.717, 1.165) is 0 Å². The largest absolute Gasteiger partial charge is 0.496 e. The Balaban J connectivity index is 2.37. The van der Waals surface area contributed by atoms with Crippen LogP contribution in [0.4, 0.5) is 30.7 Å². The minimum absolute atomic E-state index is 0.0454. The smallest absolute Gasteiger partial charge is 0.422 e. The topological polar surface area (TPSA) is 43.4 Å². The highest BCUT2D eigenvalue weighted by Gasteiger charge is 2.42. The summed E-state index contributed by atoms with van der Waals surface area (Å²) in [5, 5.41) is 0. The van der Waals surface area contributed by atoms with Gasteiger partial charge in [-0.25, -0.2) is 17.6 Å². The molecule has 0 aliphatic carbocycles. The van der Waals surface area contributed by atoms with Crippen LogP contribution < -0.4 is 4.74 Å². The second-order valence-electron chi connectivity index (χ2n) is 6.52. The zero-order chi connectivity index (χ0) is 22.8. The van der Waals surface area contributed by atoms with E-state index in [0.29, 0.717) is 5.56 Å². The predicted molar refractivity (Wildman–Crippen MR) is 91.1 cm³/mol. The van der Waals surface area contributed by atoms with Crippen molar-refractivity contribution in [2.45, 2.75) is 32.4 Å². The minimum atomic E-state index is -5.66. The third kappa shape index (κ3) is 4.98. The fourth-order valence-corrected chi connectivity index (χ4v) is 2.92. The zero-order valence-electron chi connectivity index (χ0n) is 15.7. The fourth-order valence-electron chi connectivity index (χ4n) is 2.92. The van der Waals surface area contributed by atoms with Crippen molar-refractivity contribution in [3.8, 4) is 5.75 Å². The van der Waals surface area contributed by atoms with Gasteiger partial charge in [0, 0.05) is 30.4 Å². The second-order valence-corrected chi connectivity index (χ2v) is 6.52. The van der Waals surface area contributed by atoms with Gasteiger partial charge in [0.25, 0.3) is 0 Å². The Morgan fingerprint density at radius 3 is 1.93 bits per heavy atom. The van der Waals surface area contributed by atoms with Gasteiger partial charge in [-0.1, -0.05) is 12.1 Å². The van der Waals surface area contributed by atoms with Crippen LogP contribution in [-0.2, 0) is 35.0 Å². The lowest BCUT2D eigenvalue weighted by Crippen LogP contribution is -2.19. The lowest BCUT2D eigenvalue weighted by Gasteiger charge is -2.14. The first-order chi connectivity index (χ1) is 13.9. The number of halogens is 7. The van der Waals surface area contributed by atoms with Crippen LogP contribution in [0.5, 0.6) is 5.75 Å². The van der Waals surface area contributed by atoms with E-state index in [1.54, 1.807) is 6.07 Å². The lowest BCUT2D eigenvalue weighted by atomic mass is 9.97. The van der Waals surface area contributed by atoms with Gasteiger partial charge in [-0.3, -0.25) is 9.59 Å². The van der Waals surface area contributed by atoms with Crippen molar-refractivity contribution in [1.29, 1.82) is 0 Å².